The van der Waals surface area contributed by atoms with E-state index in [1.165, 1.54) is 12.8 Å². The topological polar surface area (TPSA) is 49.6 Å². The second kappa shape index (κ2) is 6.02. The van der Waals surface area contributed by atoms with Crippen LogP contribution in [0.3, 0.4) is 0 Å². The second-order valence-electron chi connectivity index (χ2n) is 5.94. The van der Waals surface area contributed by atoms with Gasteiger partial charge in [-0.25, -0.2) is 0 Å². The number of likely N-dealkylation sites (tertiary alicyclic amines) is 2. The maximum Gasteiger partial charge on any atom is 0.239 e. The minimum absolute atomic E-state index is 0.0529. The predicted octanol–water partition coefficient (Wildman–Crippen LogP) is 1.06. The molecule has 0 bridgehead atoms. The van der Waals surface area contributed by atoms with Crippen molar-refractivity contribution in [1.82, 2.24) is 9.80 Å². The number of hydrogen-bond donors (Lipinski definition) is 1. The smallest absolute Gasteiger partial charge is 0.239 e. The van der Waals surface area contributed by atoms with Gasteiger partial charge in [0.25, 0.3) is 0 Å². The van der Waals surface area contributed by atoms with Crippen LogP contribution in [0.1, 0.15) is 39.5 Å². The molecule has 2 aliphatic rings. The van der Waals surface area contributed by atoms with E-state index in [1.54, 1.807) is 0 Å². The van der Waals surface area contributed by atoms with E-state index in [0.717, 1.165) is 39.0 Å². The Morgan fingerprint density at radius 2 is 1.67 bits per heavy atom. The maximum absolute atomic E-state index is 12.3. The van der Waals surface area contributed by atoms with Crippen molar-refractivity contribution < 1.29 is 4.79 Å². The van der Waals surface area contributed by atoms with Crippen LogP contribution in [0.2, 0.25) is 0 Å². The molecule has 0 saturated carbocycles. The zero-order valence-electron chi connectivity index (χ0n) is 11.8. The van der Waals surface area contributed by atoms with Crippen molar-refractivity contribution in [3.05, 3.63) is 0 Å². The third-order valence-corrected chi connectivity index (χ3v) is 4.64. The lowest BCUT2D eigenvalue weighted by Gasteiger charge is -2.37. The molecule has 1 amide bonds. The van der Waals surface area contributed by atoms with Crippen LogP contribution < -0.4 is 5.73 Å². The molecule has 2 aliphatic heterocycles. The number of nitrogens with zero attached hydrogens (tertiary/aromatic N) is 2. The summed E-state index contributed by atoms with van der Waals surface area (Å²) in [6.07, 6.45) is 4.61. The molecule has 4 heteroatoms. The van der Waals surface area contributed by atoms with Crippen LogP contribution in [-0.4, -0.2) is 54.0 Å². The normalized spacial score (nSPS) is 26.3. The molecule has 2 N–H and O–H groups in total. The van der Waals surface area contributed by atoms with E-state index in [1.807, 2.05) is 4.90 Å². The molecule has 2 heterocycles. The van der Waals surface area contributed by atoms with Crippen molar-refractivity contribution in [2.45, 2.75) is 51.6 Å². The summed E-state index contributed by atoms with van der Waals surface area (Å²) in [5.74, 6) is 0.960. The molecule has 0 aromatic heterocycles. The van der Waals surface area contributed by atoms with Gasteiger partial charge in [0.1, 0.15) is 0 Å². The summed E-state index contributed by atoms with van der Waals surface area (Å²) in [6, 6.07) is 0.342. The van der Waals surface area contributed by atoms with Crippen molar-refractivity contribution in [1.29, 1.82) is 0 Å². The highest BCUT2D eigenvalue weighted by atomic mass is 16.2. The number of carbonyl (C=O) groups is 1. The molecule has 104 valence electrons. The molecular formula is C14H27N3O. The van der Waals surface area contributed by atoms with Crippen molar-refractivity contribution in [2.24, 2.45) is 11.7 Å². The third kappa shape index (κ3) is 3.04. The Balaban J connectivity index is 1.83. The zero-order chi connectivity index (χ0) is 13.1. The van der Waals surface area contributed by atoms with Crippen LogP contribution >= 0.6 is 0 Å². The molecule has 4 nitrogen and oxygen atoms in total. The Bertz CT molecular complexity index is 279. The molecule has 0 aliphatic carbocycles. The largest absolute Gasteiger partial charge is 0.341 e. The third-order valence-electron chi connectivity index (χ3n) is 4.64. The van der Waals surface area contributed by atoms with E-state index in [2.05, 4.69) is 18.7 Å². The van der Waals surface area contributed by atoms with E-state index in [9.17, 15) is 4.79 Å². The summed E-state index contributed by atoms with van der Waals surface area (Å²) in [4.78, 5) is 16.7. The Labute approximate surface area is 110 Å². The van der Waals surface area contributed by atoms with E-state index in [-0.39, 0.29) is 12.1 Å². The first-order valence-corrected chi connectivity index (χ1v) is 7.38. The summed E-state index contributed by atoms with van der Waals surface area (Å²) in [5, 5.41) is 0. The van der Waals surface area contributed by atoms with Crippen molar-refractivity contribution in [3.8, 4) is 0 Å². The summed E-state index contributed by atoms with van der Waals surface area (Å²) in [7, 11) is 0. The molecule has 0 aromatic carbocycles. The first-order chi connectivity index (χ1) is 8.59. The molecule has 0 spiro atoms. The summed E-state index contributed by atoms with van der Waals surface area (Å²) in [5.41, 5.74) is 5.95. The van der Waals surface area contributed by atoms with Gasteiger partial charge in [-0.15, -0.1) is 0 Å². The number of hydrogen-bond acceptors (Lipinski definition) is 3. The van der Waals surface area contributed by atoms with Gasteiger partial charge in [-0.1, -0.05) is 0 Å². The average molecular weight is 253 g/mol. The minimum Gasteiger partial charge on any atom is -0.341 e. The molecule has 18 heavy (non-hydrogen) atoms. The van der Waals surface area contributed by atoms with Gasteiger partial charge in [-0.05, 0) is 58.5 Å². The van der Waals surface area contributed by atoms with E-state index >= 15 is 0 Å². The maximum atomic E-state index is 12.3. The zero-order valence-corrected chi connectivity index (χ0v) is 11.8. The van der Waals surface area contributed by atoms with Gasteiger partial charge in [-0.3, -0.25) is 9.69 Å². The Morgan fingerprint density at radius 1 is 1.11 bits per heavy atom. The number of carbonyl (C=O) groups excluding carboxylic acids is 1. The Hall–Kier alpha value is -0.610. The number of rotatable bonds is 3. The van der Waals surface area contributed by atoms with Crippen LogP contribution in [0.15, 0.2) is 0 Å². The molecule has 2 rings (SSSR count). The Morgan fingerprint density at radius 3 is 2.17 bits per heavy atom. The van der Waals surface area contributed by atoms with E-state index in [0.29, 0.717) is 11.8 Å². The molecule has 2 atom stereocenters. The summed E-state index contributed by atoms with van der Waals surface area (Å²) < 4.78 is 0. The predicted molar refractivity (Wildman–Crippen MR) is 73.2 cm³/mol. The lowest BCUT2D eigenvalue weighted by atomic mass is 9.90. The van der Waals surface area contributed by atoms with Gasteiger partial charge < -0.3 is 10.6 Å². The van der Waals surface area contributed by atoms with Gasteiger partial charge in [0.05, 0.1) is 6.04 Å². The van der Waals surface area contributed by atoms with E-state index in [4.69, 9.17) is 5.73 Å². The summed E-state index contributed by atoms with van der Waals surface area (Å²) >= 11 is 0. The van der Waals surface area contributed by atoms with Gasteiger partial charge in [0.15, 0.2) is 0 Å². The van der Waals surface area contributed by atoms with Crippen LogP contribution in [0.25, 0.3) is 0 Å². The van der Waals surface area contributed by atoms with Gasteiger partial charge in [-0.2, -0.15) is 0 Å². The molecule has 2 fully saturated rings. The molecule has 2 unspecified atom stereocenters. The average Bonchev–Trinajstić information content (AvgIpc) is 2.91. The highest BCUT2D eigenvalue weighted by Crippen LogP contribution is 2.22. The van der Waals surface area contributed by atoms with Crippen molar-refractivity contribution in [3.63, 3.8) is 0 Å². The molecule has 0 aromatic rings. The quantitative estimate of drug-likeness (QED) is 0.818. The van der Waals surface area contributed by atoms with Crippen molar-refractivity contribution in [2.75, 3.05) is 26.2 Å². The Kier molecular flexibility index (Phi) is 4.62. The lowest BCUT2D eigenvalue weighted by Crippen LogP contribution is -2.50. The minimum atomic E-state index is 0.0529. The van der Waals surface area contributed by atoms with Gasteiger partial charge >= 0.3 is 0 Å². The van der Waals surface area contributed by atoms with Crippen LogP contribution in [0, 0.1) is 5.92 Å². The van der Waals surface area contributed by atoms with Gasteiger partial charge in [0, 0.05) is 19.1 Å². The molecule has 0 radical (unpaired) electrons. The molecule has 2 saturated heterocycles. The number of piperidine rings is 1. The van der Waals surface area contributed by atoms with Crippen LogP contribution in [0.5, 0.6) is 0 Å². The van der Waals surface area contributed by atoms with E-state index < -0.39 is 0 Å². The fourth-order valence-corrected chi connectivity index (χ4v) is 3.19. The van der Waals surface area contributed by atoms with Crippen molar-refractivity contribution >= 4 is 5.91 Å². The highest BCUT2D eigenvalue weighted by molar-refractivity contribution is 5.81. The monoisotopic (exact) mass is 253 g/mol. The summed E-state index contributed by atoms with van der Waals surface area (Å²) in [6.45, 7) is 8.12. The first kappa shape index (κ1) is 13.8. The van der Waals surface area contributed by atoms with Crippen LogP contribution in [-0.2, 0) is 4.79 Å². The standard InChI is InChI=1S/C14H27N3O/c1-11(15)13-5-9-16(10-6-13)12(2)14(18)17-7-3-4-8-17/h11-13H,3-10,15H2,1-2H3. The molecular weight excluding hydrogens is 226 g/mol. The SMILES string of the molecule is CC(N)C1CCN(C(C)C(=O)N2CCCC2)CC1. The van der Waals surface area contributed by atoms with Gasteiger partial charge in [0.2, 0.25) is 5.91 Å². The first-order valence-electron chi connectivity index (χ1n) is 7.38. The number of nitrogens with two attached hydrogens (primary N) is 1. The fraction of sp³-hybridized carbons (Fsp3) is 0.929. The number of amides is 1. The van der Waals surface area contributed by atoms with Crippen LogP contribution in [0.4, 0.5) is 0 Å². The lowest BCUT2D eigenvalue weighted by molar-refractivity contribution is -0.135. The second-order valence-corrected chi connectivity index (χ2v) is 5.94. The highest BCUT2D eigenvalue weighted by Gasteiger charge is 2.31. The fourth-order valence-electron chi connectivity index (χ4n) is 3.19.